The summed E-state index contributed by atoms with van der Waals surface area (Å²) < 4.78 is 41.1. The van der Waals surface area contributed by atoms with Crippen LogP contribution in [0.2, 0.25) is 0 Å². The van der Waals surface area contributed by atoms with Crippen LogP contribution in [0.4, 0.5) is 13.2 Å². The first-order chi connectivity index (χ1) is 9.88. The van der Waals surface area contributed by atoms with Crippen LogP contribution in [0, 0.1) is 5.41 Å². The normalized spacial score (nSPS) is 18.5. The summed E-state index contributed by atoms with van der Waals surface area (Å²) in [4.78, 5) is 0. The Balaban J connectivity index is 1.91. The molecule has 1 fully saturated rings. The lowest BCUT2D eigenvalue weighted by atomic mass is 9.76. The molecule has 0 unspecified atom stereocenters. The summed E-state index contributed by atoms with van der Waals surface area (Å²) in [5.41, 5.74) is 0.798. The minimum absolute atomic E-state index is 0.119. The van der Waals surface area contributed by atoms with Crippen molar-refractivity contribution >= 4 is 0 Å². The molecule has 2 nitrogen and oxygen atoms in total. The highest BCUT2D eigenvalue weighted by Crippen LogP contribution is 2.35. The molecule has 1 aliphatic rings. The highest BCUT2D eigenvalue weighted by atomic mass is 19.4. The summed E-state index contributed by atoms with van der Waals surface area (Å²) in [6.45, 7) is 3.46. The minimum atomic E-state index is -4.65. The Kier molecular flexibility index (Phi) is 5.14. The van der Waals surface area contributed by atoms with Gasteiger partial charge in [0.1, 0.15) is 5.75 Å². The van der Waals surface area contributed by atoms with Gasteiger partial charge in [-0.25, -0.2) is 0 Å². The van der Waals surface area contributed by atoms with E-state index in [4.69, 9.17) is 0 Å². The van der Waals surface area contributed by atoms with Gasteiger partial charge in [0.05, 0.1) is 0 Å². The van der Waals surface area contributed by atoms with Crippen LogP contribution >= 0.6 is 0 Å². The van der Waals surface area contributed by atoms with Crippen molar-refractivity contribution in [2.45, 2.75) is 51.9 Å². The summed E-state index contributed by atoms with van der Waals surface area (Å²) >= 11 is 0. The molecule has 21 heavy (non-hydrogen) atoms. The predicted octanol–water partition coefficient (Wildman–Crippen LogP) is 4.65. The molecule has 0 aliphatic heterocycles. The van der Waals surface area contributed by atoms with Crippen molar-refractivity contribution in [3.63, 3.8) is 0 Å². The van der Waals surface area contributed by atoms with Crippen LogP contribution < -0.4 is 10.1 Å². The Morgan fingerprint density at radius 2 is 1.81 bits per heavy atom. The van der Waals surface area contributed by atoms with E-state index in [1.165, 1.54) is 38.2 Å². The maximum Gasteiger partial charge on any atom is 0.573 e. The fraction of sp³-hybridized carbons (Fsp3) is 0.625. The second kappa shape index (κ2) is 6.69. The number of hydrogen-bond acceptors (Lipinski definition) is 2. The molecule has 1 N–H and O–H groups in total. The zero-order valence-corrected chi connectivity index (χ0v) is 12.3. The Labute approximate surface area is 123 Å². The van der Waals surface area contributed by atoms with Gasteiger partial charge < -0.3 is 10.1 Å². The summed E-state index contributed by atoms with van der Waals surface area (Å²) in [6, 6.07) is 6.29. The monoisotopic (exact) mass is 301 g/mol. The van der Waals surface area contributed by atoms with Crippen molar-refractivity contribution < 1.29 is 17.9 Å². The number of hydrogen-bond donors (Lipinski definition) is 1. The average molecular weight is 301 g/mol. The number of nitrogens with one attached hydrogen (secondary N) is 1. The largest absolute Gasteiger partial charge is 0.573 e. The SMILES string of the molecule is CC1(CNCc2ccccc2OC(F)(F)F)CCCCC1. The van der Waals surface area contributed by atoms with E-state index in [0.717, 1.165) is 6.54 Å². The van der Waals surface area contributed by atoms with Gasteiger partial charge in [-0.1, -0.05) is 44.4 Å². The summed E-state index contributed by atoms with van der Waals surface area (Å²) in [5, 5.41) is 3.29. The summed E-state index contributed by atoms with van der Waals surface area (Å²) in [5.74, 6) is -0.119. The number of benzene rings is 1. The van der Waals surface area contributed by atoms with Crippen molar-refractivity contribution in [1.29, 1.82) is 0 Å². The molecule has 1 aromatic rings. The van der Waals surface area contributed by atoms with Gasteiger partial charge in [0.25, 0.3) is 0 Å². The predicted molar refractivity (Wildman–Crippen MR) is 76.0 cm³/mol. The average Bonchev–Trinajstić information content (AvgIpc) is 2.40. The van der Waals surface area contributed by atoms with Crippen molar-refractivity contribution in [3.8, 4) is 5.75 Å². The first kappa shape index (κ1) is 16.1. The van der Waals surface area contributed by atoms with Crippen LogP contribution in [0.3, 0.4) is 0 Å². The van der Waals surface area contributed by atoms with Gasteiger partial charge in [-0.2, -0.15) is 0 Å². The first-order valence-corrected chi connectivity index (χ1v) is 7.42. The topological polar surface area (TPSA) is 21.3 Å². The van der Waals surface area contributed by atoms with Crippen LogP contribution in [0.25, 0.3) is 0 Å². The lowest BCUT2D eigenvalue weighted by Crippen LogP contribution is -2.33. The Morgan fingerprint density at radius 1 is 1.14 bits per heavy atom. The molecule has 0 saturated heterocycles. The molecular weight excluding hydrogens is 279 g/mol. The molecule has 0 radical (unpaired) electrons. The number of para-hydroxylation sites is 1. The molecule has 0 bridgehead atoms. The molecule has 1 aromatic carbocycles. The minimum Gasteiger partial charge on any atom is -0.405 e. The Bertz CT molecular complexity index is 453. The van der Waals surface area contributed by atoms with Gasteiger partial charge in [0.2, 0.25) is 0 Å². The third-order valence-electron chi connectivity index (χ3n) is 4.13. The molecule has 0 atom stereocenters. The van der Waals surface area contributed by atoms with E-state index in [9.17, 15) is 13.2 Å². The van der Waals surface area contributed by atoms with Crippen molar-refractivity contribution in [2.75, 3.05) is 6.54 Å². The number of halogens is 3. The number of ether oxygens (including phenoxy) is 1. The zero-order chi connectivity index (χ0) is 15.3. The smallest absolute Gasteiger partial charge is 0.405 e. The molecule has 5 heteroatoms. The Morgan fingerprint density at radius 3 is 2.48 bits per heavy atom. The highest BCUT2D eigenvalue weighted by molar-refractivity contribution is 5.33. The van der Waals surface area contributed by atoms with Gasteiger partial charge >= 0.3 is 6.36 Å². The molecule has 0 amide bonds. The molecule has 0 spiro atoms. The number of alkyl halides is 3. The number of rotatable bonds is 5. The van der Waals surface area contributed by atoms with Gasteiger partial charge in [0.15, 0.2) is 0 Å². The van der Waals surface area contributed by atoms with Crippen molar-refractivity contribution in [2.24, 2.45) is 5.41 Å². The van der Waals surface area contributed by atoms with E-state index in [2.05, 4.69) is 17.0 Å². The molecule has 0 heterocycles. The van der Waals surface area contributed by atoms with E-state index in [1.807, 2.05) is 0 Å². The van der Waals surface area contributed by atoms with Crippen LogP contribution in [0.1, 0.15) is 44.6 Å². The fourth-order valence-corrected chi connectivity index (χ4v) is 2.96. The first-order valence-electron chi connectivity index (χ1n) is 7.42. The third-order valence-corrected chi connectivity index (χ3v) is 4.13. The van der Waals surface area contributed by atoms with E-state index < -0.39 is 6.36 Å². The second-order valence-electron chi connectivity index (χ2n) is 6.13. The van der Waals surface area contributed by atoms with Crippen LogP contribution in [0.15, 0.2) is 24.3 Å². The van der Waals surface area contributed by atoms with Crippen molar-refractivity contribution in [3.05, 3.63) is 29.8 Å². The lowest BCUT2D eigenvalue weighted by molar-refractivity contribution is -0.274. The summed E-state index contributed by atoms with van der Waals surface area (Å²) in [6.07, 6.45) is 1.49. The fourth-order valence-electron chi connectivity index (χ4n) is 2.96. The van der Waals surface area contributed by atoms with Crippen LogP contribution in [-0.4, -0.2) is 12.9 Å². The zero-order valence-electron chi connectivity index (χ0n) is 12.3. The molecule has 1 saturated carbocycles. The standard InChI is InChI=1S/C16H22F3NO/c1-15(9-5-2-6-10-15)12-20-11-13-7-3-4-8-14(13)21-16(17,18)19/h3-4,7-8,20H,2,5-6,9-12H2,1H3. The van der Waals surface area contributed by atoms with Gasteiger partial charge in [-0.05, 0) is 24.3 Å². The third kappa shape index (κ3) is 5.23. The quantitative estimate of drug-likeness (QED) is 0.855. The van der Waals surface area contributed by atoms with Crippen molar-refractivity contribution in [1.82, 2.24) is 5.32 Å². The maximum atomic E-state index is 12.4. The van der Waals surface area contributed by atoms with Crippen LogP contribution in [-0.2, 0) is 6.54 Å². The molecule has 0 aromatic heterocycles. The molecule has 2 rings (SSSR count). The highest BCUT2D eigenvalue weighted by Gasteiger charge is 2.32. The molecular formula is C16H22F3NO. The summed E-state index contributed by atoms with van der Waals surface area (Å²) in [7, 11) is 0. The van der Waals surface area contributed by atoms with E-state index >= 15 is 0 Å². The van der Waals surface area contributed by atoms with E-state index in [-0.39, 0.29) is 11.2 Å². The van der Waals surface area contributed by atoms with Gasteiger partial charge in [-0.3, -0.25) is 0 Å². The Hall–Kier alpha value is -1.23. The second-order valence-corrected chi connectivity index (χ2v) is 6.13. The maximum absolute atomic E-state index is 12.4. The van der Waals surface area contributed by atoms with Gasteiger partial charge in [0, 0.05) is 18.7 Å². The molecule has 118 valence electrons. The molecule has 1 aliphatic carbocycles. The lowest BCUT2D eigenvalue weighted by Gasteiger charge is -2.33. The van der Waals surface area contributed by atoms with Crippen LogP contribution in [0.5, 0.6) is 5.75 Å². The van der Waals surface area contributed by atoms with Gasteiger partial charge in [-0.15, -0.1) is 13.2 Å². The van der Waals surface area contributed by atoms with E-state index in [0.29, 0.717) is 12.1 Å². The van der Waals surface area contributed by atoms with E-state index in [1.54, 1.807) is 18.2 Å².